The van der Waals surface area contributed by atoms with Crippen molar-refractivity contribution in [1.29, 1.82) is 0 Å². The summed E-state index contributed by atoms with van der Waals surface area (Å²) in [7, 11) is 0. The molecule has 2 atom stereocenters. The summed E-state index contributed by atoms with van der Waals surface area (Å²) in [6.07, 6.45) is 18.6. The summed E-state index contributed by atoms with van der Waals surface area (Å²) >= 11 is 3.51. The van der Waals surface area contributed by atoms with Crippen molar-refractivity contribution in [3.05, 3.63) is 37.0 Å². The number of alkyl halides is 1. The van der Waals surface area contributed by atoms with Crippen LogP contribution in [0.15, 0.2) is 37.0 Å². The molecule has 0 bridgehead atoms. The number of hydrogen-bond donors (Lipinski definition) is 0. The Kier molecular flexibility index (Phi) is 12.9. The fourth-order valence-electron chi connectivity index (χ4n) is 2.07. The van der Waals surface area contributed by atoms with Gasteiger partial charge in [-0.2, -0.15) is 0 Å². The van der Waals surface area contributed by atoms with Gasteiger partial charge in [0.2, 0.25) is 0 Å². The Bertz CT molecular complexity index is 240. The molecule has 0 radical (unpaired) electrons. The molecule has 0 aromatic carbocycles. The van der Waals surface area contributed by atoms with Crippen molar-refractivity contribution in [2.75, 3.05) is 5.33 Å². The zero-order valence-corrected chi connectivity index (χ0v) is 13.7. The van der Waals surface area contributed by atoms with Crippen molar-refractivity contribution in [2.45, 2.75) is 52.4 Å². The van der Waals surface area contributed by atoms with Crippen LogP contribution in [0.4, 0.5) is 0 Å². The number of halogens is 1. The molecule has 0 saturated carbocycles. The summed E-state index contributed by atoms with van der Waals surface area (Å²) in [6, 6.07) is 0. The lowest BCUT2D eigenvalue weighted by Crippen LogP contribution is -1.99. The van der Waals surface area contributed by atoms with E-state index in [2.05, 4.69) is 60.7 Å². The first-order chi connectivity index (χ1) is 8.78. The minimum Gasteiger partial charge on any atom is -0.103 e. The first kappa shape index (κ1) is 17.7. The van der Waals surface area contributed by atoms with Crippen LogP contribution in [0.25, 0.3) is 0 Å². The first-order valence-corrected chi connectivity index (χ1v) is 8.36. The second-order valence-corrected chi connectivity index (χ2v) is 5.61. The van der Waals surface area contributed by atoms with Gasteiger partial charge in [0.1, 0.15) is 0 Å². The molecule has 0 spiro atoms. The van der Waals surface area contributed by atoms with Gasteiger partial charge in [-0.05, 0) is 57.3 Å². The normalized spacial score (nSPS) is 15.3. The molecule has 0 heterocycles. The Hall–Kier alpha value is -0.300. The molecule has 2 unspecified atom stereocenters. The molecule has 0 aliphatic heterocycles. The molecule has 0 aromatic heterocycles. The van der Waals surface area contributed by atoms with E-state index in [0.717, 1.165) is 17.7 Å². The average Bonchev–Trinajstić information content (AvgIpc) is 2.39. The van der Waals surface area contributed by atoms with E-state index in [1.54, 1.807) is 0 Å². The zero-order valence-electron chi connectivity index (χ0n) is 12.1. The number of hydrogen-bond acceptors (Lipinski definition) is 0. The molecule has 0 aliphatic rings. The van der Waals surface area contributed by atoms with Gasteiger partial charge in [0.15, 0.2) is 0 Å². The maximum absolute atomic E-state index is 3.87. The molecule has 0 nitrogen and oxygen atoms in total. The van der Waals surface area contributed by atoms with Gasteiger partial charge in [-0.25, -0.2) is 0 Å². The molecule has 0 fully saturated rings. The molecule has 0 saturated heterocycles. The van der Waals surface area contributed by atoms with Gasteiger partial charge in [-0.15, -0.1) is 6.58 Å². The smallest absolute Gasteiger partial charge is 0.00315 e. The predicted molar refractivity (Wildman–Crippen MR) is 88.3 cm³/mol. The number of rotatable bonds is 11. The van der Waals surface area contributed by atoms with Crippen LogP contribution in [-0.4, -0.2) is 5.33 Å². The van der Waals surface area contributed by atoms with Crippen LogP contribution in [0.5, 0.6) is 0 Å². The van der Waals surface area contributed by atoms with Crippen LogP contribution < -0.4 is 0 Å². The second-order valence-electron chi connectivity index (χ2n) is 4.82. The Morgan fingerprint density at radius 3 is 2.44 bits per heavy atom. The van der Waals surface area contributed by atoms with E-state index in [1.165, 1.54) is 32.1 Å². The van der Waals surface area contributed by atoms with E-state index in [9.17, 15) is 0 Å². The van der Waals surface area contributed by atoms with Crippen molar-refractivity contribution >= 4 is 15.9 Å². The predicted octanol–water partition coefficient (Wildman–Crippen LogP) is 6.29. The summed E-state index contributed by atoms with van der Waals surface area (Å²) in [5.74, 6) is 1.41. The van der Waals surface area contributed by atoms with Gasteiger partial charge in [-0.1, -0.05) is 53.2 Å². The third kappa shape index (κ3) is 9.70. The maximum Gasteiger partial charge on any atom is 0.00315 e. The molecule has 0 aliphatic carbocycles. The number of allylic oxidation sites excluding steroid dienone is 5. The van der Waals surface area contributed by atoms with Crippen LogP contribution in [0.3, 0.4) is 0 Å². The van der Waals surface area contributed by atoms with Crippen molar-refractivity contribution in [3.8, 4) is 0 Å². The van der Waals surface area contributed by atoms with Crippen molar-refractivity contribution in [2.24, 2.45) is 11.8 Å². The lowest BCUT2D eigenvalue weighted by molar-refractivity contribution is 0.550. The van der Waals surface area contributed by atoms with Gasteiger partial charge in [0.25, 0.3) is 0 Å². The van der Waals surface area contributed by atoms with E-state index < -0.39 is 0 Å². The molecule has 0 aromatic rings. The minimum absolute atomic E-state index is 0.664. The average molecular weight is 313 g/mol. The van der Waals surface area contributed by atoms with Gasteiger partial charge in [-0.3, -0.25) is 0 Å². The molecule has 0 rings (SSSR count). The third-order valence-electron chi connectivity index (χ3n) is 3.30. The molecule has 18 heavy (non-hydrogen) atoms. The Balaban J connectivity index is 4.20. The third-order valence-corrected chi connectivity index (χ3v) is 3.86. The van der Waals surface area contributed by atoms with E-state index in [0.29, 0.717) is 5.92 Å². The van der Waals surface area contributed by atoms with E-state index in [4.69, 9.17) is 0 Å². The summed E-state index contributed by atoms with van der Waals surface area (Å²) < 4.78 is 0. The largest absolute Gasteiger partial charge is 0.103 e. The summed E-state index contributed by atoms with van der Waals surface area (Å²) in [5, 5.41) is 1.12. The first-order valence-electron chi connectivity index (χ1n) is 7.24. The van der Waals surface area contributed by atoms with Crippen molar-refractivity contribution in [1.82, 2.24) is 0 Å². The SMILES string of the molecule is C=CCC(/C=C/C(CC)CCCBr)CC/C=C\C. The summed E-state index contributed by atoms with van der Waals surface area (Å²) in [5.41, 5.74) is 0. The topological polar surface area (TPSA) is 0 Å². The van der Waals surface area contributed by atoms with Gasteiger partial charge < -0.3 is 0 Å². The fraction of sp³-hybridized carbons (Fsp3) is 0.647. The van der Waals surface area contributed by atoms with Crippen LogP contribution in [-0.2, 0) is 0 Å². The molecule has 0 N–H and O–H groups in total. The highest BCUT2D eigenvalue weighted by Crippen LogP contribution is 2.19. The van der Waals surface area contributed by atoms with Crippen molar-refractivity contribution < 1.29 is 0 Å². The molecular weight excluding hydrogens is 284 g/mol. The maximum atomic E-state index is 3.87. The van der Waals surface area contributed by atoms with Crippen molar-refractivity contribution in [3.63, 3.8) is 0 Å². The van der Waals surface area contributed by atoms with E-state index in [1.807, 2.05) is 6.08 Å². The Morgan fingerprint density at radius 1 is 1.17 bits per heavy atom. The molecular formula is C17H29Br. The minimum atomic E-state index is 0.664. The van der Waals surface area contributed by atoms with Gasteiger partial charge >= 0.3 is 0 Å². The fourth-order valence-corrected chi connectivity index (χ4v) is 2.40. The highest BCUT2D eigenvalue weighted by Gasteiger charge is 2.05. The van der Waals surface area contributed by atoms with Gasteiger partial charge in [0, 0.05) is 5.33 Å². The quantitative estimate of drug-likeness (QED) is 0.310. The second kappa shape index (κ2) is 13.1. The van der Waals surface area contributed by atoms with Gasteiger partial charge in [0.05, 0.1) is 0 Å². The summed E-state index contributed by atoms with van der Waals surface area (Å²) in [4.78, 5) is 0. The highest BCUT2D eigenvalue weighted by molar-refractivity contribution is 9.09. The van der Waals surface area contributed by atoms with Crippen LogP contribution in [0, 0.1) is 11.8 Å². The highest BCUT2D eigenvalue weighted by atomic mass is 79.9. The molecule has 1 heteroatoms. The monoisotopic (exact) mass is 312 g/mol. The molecule has 104 valence electrons. The van der Waals surface area contributed by atoms with Crippen LogP contribution >= 0.6 is 15.9 Å². The molecule has 0 amide bonds. The standard InChI is InChI=1S/C17H29Br/c1-4-7-8-11-17(10-5-2)14-13-16(6-3)12-9-15-18/h4-5,7,13-14,16-17H,2,6,8-12,15H2,1,3H3/b7-4-,14-13+. The van der Waals surface area contributed by atoms with E-state index >= 15 is 0 Å². The summed E-state index contributed by atoms with van der Waals surface area (Å²) in [6.45, 7) is 8.24. The Labute approximate surface area is 122 Å². The van der Waals surface area contributed by atoms with Crippen LogP contribution in [0.1, 0.15) is 52.4 Å². The Morgan fingerprint density at radius 2 is 1.89 bits per heavy atom. The lowest BCUT2D eigenvalue weighted by atomic mass is 9.94. The van der Waals surface area contributed by atoms with Crippen LogP contribution in [0.2, 0.25) is 0 Å². The van der Waals surface area contributed by atoms with E-state index in [-0.39, 0.29) is 0 Å². The zero-order chi connectivity index (χ0) is 13.6. The lowest BCUT2D eigenvalue weighted by Gasteiger charge is -2.12.